The van der Waals surface area contributed by atoms with Crippen LogP contribution in [0.2, 0.25) is 0 Å². The number of primary amides is 1. The Balaban J connectivity index is 1.88. The Hall–Kier alpha value is -3.73. The minimum absolute atomic E-state index is 0.207. The smallest absolute Gasteiger partial charge is 0.306 e. The fourth-order valence-electron chi connectivity index (χ4n) is 3.54. The van der Waals surface area contributed by atoms with Gasteiger partial charge < -0.3 is 31.7 Å². The molecule has 1 aromatic carbocycles. The van der Waals surface area contributed by atoms with Gasteiger partial charge in [-0.1, -0.05) is 6.92 Å². The van der Waals surface area contributed by atoms with E-state index >= 15 is 0 Å². The number of ether oxygens (including phenoxy) is 1. The molecule has 11 heteroatoms. The van der Waals surface area contributed by atoms with Crippen LogP contribution in [0.1, 0.15) is 87.9 Å². The minimum atomic E-state index is -0.503. The average molecular weight is 542 g/mol. The first-order chi connectivity index (χ1) is 18.3. The summed E-state index contributed by atoms with van der Waals surface area (Å²) in [4.78, 5) is 44.9. The van der Waals surface area contributed by atoms with Crippen LogP contribution in [0.4, 0.5) is 17.5 Å². The highest BCUT2D eigenvalue weighted by Gasteiger charge is 2.22. The molecule has 11 nitrogen and oxygen atoms in total. The fourth-order valence-corrected chi connectivity index (χ4v) is 3.54. The van der Waals surface area contributed by atoms with E-state index in [-0.39, 0.29) is 17.4 Å². The SMILES string of the molecule is CCCNc1nc(Nc2ccc(C(N)=O)cc2)ncc1C(=O)NCCCNC(C)(C)CCC(=O)OC(C)(C)C. The van der Waals surface area contributed by atoms with E-state index < -0.39 is 11.5 Å². The highest BCUT2D eigenvalue weighted by molar-refractivity contribution is 5.98. The Bertz CT molecular complexity index is 1110. The topological polar surface area (TPSA) is 160 Å². The lowest BCUT2D eigenvalue weighted by molar-refractivity contribution is -0.155. The second-order valence-electron chi connectivity index (χ2n) is 11.0. The Morgan fingerprint density at radius 3 is 2.31 bits per heavy atom. The first-order valence-corrected chi connectivity index (χ1v) is 13.3. The van der Waals surface area contributed by atoms with Crippen LogP contribution in [0.15, 0.2) is 30.5 Å². The van der Waals surface area contributed by atoms with Crippen molar-refractivity contribution < 1.29 is 19.1 Å². The van der Waals surface area contributed by atoms with Gasteiger partial charge in [-0.05, 0) is 84.7 Å². The maximum absolute atomic E-state index is 12.9. The largest absolute Gasteiger partial charge is 0.460 e. The number of carbonyl (C=O) groups is 3. The van der Waals surface area contributed by atoms with Crippen molar-refractivity contribution >= 4 is 35.2 Å². The van der Waals surface area contributed by atoms with Gasteiger partial charge in [0.05, 0.1) is 0 Å². The molecule has 214 valence electrons. The second-order valence-corrected chi connectivity index (χ2v) is 11.0. The number of hydrogen-bond donors (Lipinski definition) is 5. The fraction of sp³-hybridized carbons (Fsp3) is 0.536. The quantitative estimate of drug-likeness (QED) is 0.167. The van der Waals surface area contributed by atoms with Gasteiger partial charge in [-0.3, -0.25) is 14.4 Å². The van der Waals surface area contributed by atoms with Crippen molar-refractivity contribution in [1.29, 1.82) is 0 Å². The summed E-state index contributed by atoms with van der Waals surface area (Å²) in [6.45, 7) is 13.5. The maximum atomic E-state index is 12.9. The molecule has 0 saturated carbocycles. The molecular weight excluding hydrogens is 498 g/mol. The van der Waals surface area contributed by atoms with Gasteiger partial charge in [0.25, 0.3) is 5.91 Å². The molecule has 0 atom stereocenters. The normalized spacial score (nSPS) is 11.5. The molecule has 0 aliphatic carbocycles. The highest BCUT2D eigenvalue weighted by atomic mass is 16.6. The van der Waals surface area contributed by atoms with Crippen molar-refractivity contribution in [3.8, 4) is 0 Å². The lowest BCUT2D eigenvalue weighted by Crippen LogP contribution is -2.41. The Labute approximate surface area is 231 Å². The van der Waals surface area contributed by atoms with Crippen molar-refractivity contribution in [3.63, 3.8) is 0 Å². The van der Waals surface area contributed by atoms with E-state index in [1.165, 1.54) is 6.20 Å². The molecule has 2 rings (SSSR count). The number of hydrogen-bond acceptors (Lipinski definition) is 9. The van der Waals surface area contributed by atoms with Crippen LogP contribution in [0, 0.1) is 0 Å². The number of esters is 1. The zero-order valence-corrected chi connectivity index (χ0v) is 23.9. The highest BCUT2D eigenvalue weighted by Crippen LogP contribution is 2.19. The number of nitrogens with two attached hydrogens (primary N) is 1. The molecule has 1 heterocycles. The van der Waals surface area contributed by atoms with Crippen LogP contribution >= 0.6 is 0 Å². The van der Waals surface area contributed by atoms with E-state index in [1.807, 2.05) is 41.5 Å². The second kappa shape index (κ2) is 14.4. The number of nitrogens with one attached hydrogen (secondary N) is 4. The number of anilines is 3. The van der Waals surface area contributed by atoms with Crippen LogP contribution in [0.3, 0.4) is 0 Å². The third-order valence-electron chi connectivity index (χ3n) is 5.62. The van der Waals surface area contributed by atoms with Gasteiger partial charge in [0, 0.05) is 42.5 Å². The van der Waals surface area contributed by atoms with Crippen molar-refractivity contribution in [3.05, 3.63) is 41.6 Å². The van der Waals surface area contributed by atoms with Gasteiger partial charge in [0.2, 0.25) is 11.9 Å². The van der Waals surface area contributed by atoms with E-state index in [9.17, 15) is 14.4 Å². The zero-order chi connectivity index (χ0) is 29.1. The van der Waals surface area contributed by atoms with E-state index in [0.29, 0.717) is 67.5 Å². The summed E-state index contributed by atoms with van der Waals surface area (Å²) in [5, 5.41) is 12.6. The van der Waals surface area contributed by atoms with Gasteiger partial charge in [0.15, 0.2) is 0 Å². The molecule has 39 heavy (non-hydrogen) atoms. The van der Waals surface area contributed by atoms with E-state index in [0.717, 1.165) is 6.42 Å². The number of benzene rings is 1. The third kappa shape index (κ3) is 11.7. The molecule has 2 aromatic rings. The summed E-state index contributed by atoms with van der Waals surface area (Å²) in [5.41, 5.74) is 5.99. The Morgan fingerprint density at radius 2 is 1.69 bits per heavy atom. The van der Waals surface area contributed by atoms with Crippen LogP contribution in [0.5, 0.6) is 0 Å². The molecule has 0 fully saturated rings. The zero-order valence-electron chi connectivity index (χ0n) is 23.9. The molecule has 1 aromatic heterocycles. The molecule has 0 saturated heterocycles. The summed E-state index contributed by atoms with van der Waals surface area (Å²) < 4.78 is 5.38. The number of nitrogens with zero attached hydrogens (tertiary/aromatic N) is 2. The van der Waals surface area contributed by atoms with Crippen LogP contribution in [-0.4, -0.2) is 58.5 Å². The van der Waals surface area contributed by atoms with E-state index in [4.69, 9.17) is 10.5 Å². The molecule has 0 unspecified atom stereocenters. The monoisotopic (exact) mass is 541 g/mol. The summed E-state index contributed by atoms with van der Waals surface area (Å²) in [6, 6.07) is 6.63. The predicted molar refractivity (Wildman–Crippen MR) is 153 cm³/mol. The van der Waals surface area contributed by atoms with E-state index in [2.05, 4.69) is 31.2 Å². The molecule has 6 N–H and O–H groups in total. The molecule has 0 spiro atoms. The lowest BCUT2D eigenvalue weighted by atomic mass is 9.98. The standard InChI is InChI=1S/C28H43N7O4/c1-7-15-30-24-21(18-32-26(35-24)34-20-11-9-19(10-12-20)23(29)37)25(38)31-16-8-17-33-28(5,6)14-13-22(36)39-27(2,3)4/h9-12,18,33H,7-8,13-17H2,1-6H3,(H2,29,37)(H,31,38)(H2,30,32,34,35). The molecule has 2 amide bonds. The van der Waals surface area contributed by atoms with Gasteiger partial charge in [-0.25, -0.2) is 4.98 Å². The average Bonchev–Trinajstić information content (AvgIpc) is 2.85. The van der Waals surface area contributed by atoms with Crippen molar-refractivity contribution in [2.45, 2.75) is 78.4 Å². The molecular formula is C28H43N7O4. The third-order valence-corrected chi connectivity index (χ3v) is 5.62. The van der Waals surface area contributed by atoms with Gasteiger partial charge in [0.1, 0.15) is 17.0 Å². The number of rotatable bonds is 15. The minimum Gasteiger partial charge on any atom is -0.460 e. The van der Waals surface area contributed by atoms with Crippen molar-refractivity contribution in [1.82, 2.24) is 20.6 Å². The summed E-state index contributed by atoms with van der Waals surface area (Å²) in [7, 11) is 0. The Morgan fingerprint density at radius 1 is 1.00 bits per heavy atom. The lowest BCUT2D eigenvalue weighted by Gasteiger charge is -2.27. The molecule has 0 bridgehead atoms. The van der Waals surface area contributed by atoms with Crippen LogP contribution < -0.4 is 27.0 Å². The first kappa shape index (κ1) is 31.5. The van der Waals surface area contributed by atoms with Gasteiger partial charge >= 0.3 is 5.97 Å². The molecule has 0 aliphatic heterocycles. The van der Waals surface area contributed by atoms with E-state index in [1.54, 1.807) is 24.3 Å². The van der Waals surface area contributed by atoms with Gasteiger partial charge in [-0.2, -0.15) is 4.98 Å². The van der Waals surface area contributed by atoms with Crippen LogP contribution in [-0.2, 0) is 9.53 Å². The number of aromatic nitrogens is 2. The summed E-state index contributed by atoms with van der Waals surface area (Å²) in [5.74, 6) is -0.231. The van der Waals surface area contributed by atoms with Crippen molar-refractivity contribution in [2.75, 3.05) is 30.3 Å². The predicted octanol–water partition coefficient (Wildman–Crippen LogP) is 3.75. The van der Waals surface area contributed by atoms with Crippen molar-refractivity contribution in [2.24, 2.45) is 5.73 Å². The number of amides is 2. The van der Waals surface area contributed by atoms with Gasteiger partial charge in [-0.15, -0.1) is 0 Å². The Kier molecular flexibility index (Phi) is 11.7. The van der Waals surface area contributed by atoms with Crippen LogP contribution in [0.25, 0.3) is 0 Å². The first-order valence-electron chi connectivity index (χ1n) is 13.3. The summed E-state index contributed by atoms with van der Waals surface area (Å²) in [6.07, 6.45) is 4.04. The molecule has 0 radical (unpaired) electrons. The maximum Gasteiger partial charge on any atom is 0.306 e. The number of carbonyl (C=O) groups excluding carboxylic acids is 3. The summed E-state index contributed by atoms with van der Waals surface area (Å²) >= 11 is 0. The molecule has 0 aliphatic rings.